The molecule has 0 fully saturated rings. The Balaban J connectivity index is 1.91. The van der Waals surface area contributed by atoms with E-state index in [4.69, 9.17) is 18.9 Å². The van der Waals surface area contributed by atoms with Gasteiger partial charge < -0.3 is 18.9 Å². The van der Waals surface area contributed by atoms with Gasteiger partial charge in [-0.3, -0.25) is 10.1 Å². The summed E-state index contributed by atoms with van der Waals surface area (Å²) in [5, 5.41) is 10.9. The van der Waals surface area contributed by atoms with Crippen LogP contribution >= 0.6 is 47.0 Å². The molecule has 0 radical (unpaired) electrons. The number of non-ortho nitro benzene ring substituents is 1. The largest absolute Gasteiger partial charge is 0.465 e. The molecule has 2 aliphatic heterocycles. The van der Waals surface area contributed by atoms with Gasteiger partial charge in [0.15, 0.2) is 0 Å². The van der Waals surface area contributed by atoms with Crippen molar-refractivity contribution in [3.63, 3.8) is 0 Å². The molecule has 0 spiro atoms. The summed E-state index contributed by atoms with van der Waals surface area (Å²) >= 11 is 4.03. The summed E-state index contributed by atoms with van der Waals surface area (Å²) in [5.41, 5.74) is 0.718. The lowest BCUT2D eigenvalue weighted by Gasteiger charge is -2.00. The molecule has 0 unspecified atom stereocenters. The fraction of sp³-hybridized carbons (Fsp3) is 0.133. The zero-order valence-corrected chi connectivity index (χ0v) is 27.0. The van der Waals surface area contributed by atoms with Gasteiger partial charge >= 0.3 is 23.9 Å². The predicted octanol–water partition coefficient (Wildman–Crippen LogP) is 4.64. The fourth-order valence-corrected chi connectivity index (χ4v) is 7.44. The monoisotopic (exact) mass is 681 g/mol. The molecule has 0 aromatic heterocycles. The maximum Gasteiger partial charge on any atom is 0.346 e. The van der Waals surface area contributed by atoms with Crippen LogP contribution in [0.3, 0.4) is 0 Å². The number of allylic oxidation sites excluding steroid dienone is 4. The quantitative estimate of drug-likeness (QED) is 0.140. The van der Waals surface area contributed by atoms with Crippen LogP contribution in [0.1, 0.15) is 5.56 Å². The summed E-state index contributed by atoms with van der Waals surface area (Å²) in [5.74, 6) is 14.3. The second-order valence-electron chi connectivity index (χ2n) is 7.79. The van der Waals surface area contributed by atoms with E-state index in [-0.39, 0.29) is 30.9 Å². The summed E-state index contributed by atoms with van der Waals surface area (Å²) < 4.78 is 20.0. The van der Waals surface area contributed by atoms with E-state index in [1.165, 1.54) is 70.9 Å². The summed E-state index contributed by atoms with van der Waals surface area (Å²) in [6, 6.07) is 5.67. The SMILES string of the molecule is COC(=O)C1=C(C(=O)OC)SC(=CC#CC(C#CC=C2SC(C(=O)OC)=C(C(=O)OC)S2)=CC#Cc2ccc([N+](=O)[O-])cc2)S1. The van der Waals surface area contributed by atoms with Crippen LogP contribution < -0.4 is 0 Å². The van der Waals surface area contributed by atoms with Crippen molar-refractivity contribution in [1.29, 1.82) is 0 Å². The molecule has 0 saturated heterocycles. The van der Waals surface area contributed by atoms with Crippen molar-refractivity contribution >= 4 is 76.6 Å². The van der Waals surface area contributed by atoms with Gasteiger partial charge in [-0.1, -0.05) is 82.6 Å². The van der Waals surface area contributed by atoms with Gasteiger partial charge in [0.05, 0.1) is 47.4 Å². The molecule has 1 aromatic carbocycles. The molecule has 0 saturated carbocycles. The van der Waals surface area contributed by atoms with Crippen LogP contribution in [0, 0.1) is 45.6 Å². The Morgan fingerprint density at radius 2 is 1.04 bits per heavy atom. The van der Waals surface area contributed by atoms with E-state index in [1.807, 2.05) is 0 Å². The van der Waals surface area contributed by atoms with E-state index in [0.717, 1.165) is 47.0 Å². The standard InChI is InChI=1S/C30H19NO10S4/c1-38-27(32)23-24(28(33)39-2)43-21(42-23)12-6-10-18(8-5-9-19-14-16-20(17-15-19)31(36)37)11-7-13-22-44-25(29(34)40-3)26(45-22)30(35)41-4/h8,12-17H,1-4H3. The van der Waals surface area contributed by atoms with E-state index in [1.54, 1.807) is 0 Å². The van der Waals surface area contributed by atoms with Gasteiger partial charge in [0, 0.05) is 35.9 Å². The molecule has 11 nitrogen and oxygen atoms in total. The van der Waals surface area contributed by atoms with Crippen molar-refractivity contribution < 1.29 is 43.0 Å². The topological polar surface area (TPSA) is 148 Å². The first-order valence-corrected chi connectivity index (χ1v) is 15.3. The second kappa shape index (κ2) is 16.9. The number of nitro benzene ring substituents is 1. The molecule has 3 rings (SSSR count). The zero-order valence-electron chi connectivity index (χ0n) is 23.7. The van der Waals surface area contributed by atoms with Crippen molar-refractivity contribution in [2.45, 2.75) is 0 Å². The highest BCUT2D eigenvalue weighted by atomic mass is 32.2. The van der Waals surface area contributed by atoms with Crippen LogP contribution in [0.15, 0.2) is 76.2 Å². The molecular formula is C30H19NO10S4. The normalized spacial score (nSPS) is 13.2. The predicted molar refractivity (Wildman–Crippen MR) is 172 cm³/mol. The third-order valence-electron chi connectivity index (χ3n) is 5.01. The number of rotatable bonds is 5. The Labute approximate surface area is 274 Å². The van der Waals surface area contributed by atoms with E-state index in [9.17, 15) is 29.3 Å². The van der Waals surface area contributed by atoms with Gasteiger partial charge in [0.2, 0.25) is 0 Å². The number of esters is 4. The smallest absolute Gasteiger partial charge is 0.346 e. The highest BCUT2D eigenvalue weighted by Crippen LogP contribution is 2.50. The molecule has 0 aliphatic carbocycles. The number of ether oxygens (including phenoxy) is 4. The first kappa shape index (κ1) is 34.8. The Bertz CT molecular complexity index is 1650. The van der Waals surface area contributed by atoms with Crippen molar-refractivity contribution in [3.8, 4) is 35.5 Å². The van der Waals surface area contributed by atoms with Crippen LogP contribution in [-0.2, 0) is 38.1 Å². The van der Waals surface area contributed by atoms with Crippen molar-refractivity contribution in [2.24, 2.45) is 0 Å². The molecule has 0 N–H and O–H groups in total. The van der Waals surface area contributed by atoms with E-state index >= 15 is 0 Å². The van der Waals surface area contributed by atoms with Crippen molar-refractivity contribution in [1.82, 2.24) is 0 Å². The molecule has 0 bridgehead atoms. The molecule has 228 valence electrons. The van der Waals surface area contributed by atoms with Gasteiger partial charge in [-0.05, 0) is 12.1 Å². The second-order valence-corrected chi connectivity index (χ2v) is 12.5. The van der Waals surface area contributed by atoms with Crippen LogP contribution in [0.25, 0.3) is 0 Å². The van der Waals surface area contributed by atoms with Crippen molar-refractivity contribution in [2.75, 3.05) is 28.4 Å². The van der Waals surface area contributed by atoms with Gasteiger partial charge in [0.1, 0.15) is 19.6 Å². The van der Waals surface area contributed by atoms with Gasteiger partial charge in [-0.25, -0.2) is 19.2 Å². The summed E-state index contributed by atoms with van der Waals surface area (Å²) in [7, 11) is 4.80. The van der Waals surface area contributed by atoms with E-state index < -0.39 is 28.8 Å². The first-order valence-electron chi connectivity index (χ1n) is 12.0. The number of hydrogen-bond donors (Lipinski definition) is 0. The molecule has 45 heavy (non-hydrogen) atoms. The maximum atomic E-state index is 12.1. The molecule has 0 amide bonds. The molecule has 2 heterocycles. The number of nitrogens with zero attached hydrogens (tertiary/aromatic N) is 1. The number of thioether (sulfide) groups is 4. The van der Waals surface area contributed by atoms with Gasteiger partial charge in [-0.15, -0.1) is 0 Å². The zero-order chi connectivity index (χ0) is 32.9. The van der Waals surface area contributed by atoms with Crippen molar-refractivity contribution in [3.05, 3.63) is 91.8 Å². The average molecular weight is 682 g/mol. The lowest BCUT2D eigenvalue weighted by molar-refractivity contribution is -0.384. The van der Waals surface area contributed by atoms with Crippen LogP contribution in [-0.4, -0.2) is 57.2 Å². The number of hydrogen-bond acceptors (Lipinski definition) is 14. The molecular weight excluding hydrogens is 663 g/mol. The van der Waals surface area contributed by atoms with E-state index in [0.29, 0.717) is 14.0 Å². The highest BCUT2D eigenvalue weighted by molar-refractivity contribution is 8.29. The number of nitro groups is 1. The van der Waals surface area contributed by atoms with Crippen LogP contribution in [0.4, 0.5) is 5.69 Å². The summed E-state index contributed by atoms with van der Waals surface area (Å²) in [4.78, 5) is 59.1. The Morgan fingerprint density at radius 3 is 1.38 bits per heavy atom. The fourth-order valence-electron chi connectivity index (χ4n) is 2.96. The van der Waals surface area contributed by atoms with E-state index in [2.05, 4.69) is 35.5 Å². The molecule has 2 aliphatic rings. The lowest BCUT2D eigenvalue weighted by Crippen LogP contribution is -2.08. The average Bonchev–Trinajstić information content (AvgIpc) is 3.68. The Morgan fingerprint density at radius 1 is 0.667 bits per heavy atom. The molecule has 1 aromatic rings. The third-order valence-corrected chi connectivity index (χ3v) is 9.85. The number of carbonyl (C=O) groups is 4. The number of methoxy groups -OCH3 is 4. The lowest BCUT2D eigenvalue weighted by atomic mass is 10.2. The Kier molecular flexibility index (Phi) is 13.1. The number of carbonyl (C=O) groups excluding carboxylic acids is 4. The van der Waals surface area contributed by atoms with Gasteiger partial charge in [0.25, 0.3) is 5.69 Å². The minimum atomic E-state index is -0.687. The molecule has 15 heteroatoms. The summed E-state index contributed by atoms with van der Waals surface area (Å²) in [6.07, 6.45) is 4.42. The minimum Gasteiger partial charge on any atom is -0.465 e. The van der Waals surface area contributed by atoms with Crippen LogP contribution in [0.2, 0.25) is 0 Å². The molecule has 0 atom stereocenters. The first-order chi connectivity index (χ1) is 21.6. The van der Waals surface area contributed by atoms with Crippen LogP contribution in [0.5, 0.6) is 0 Å². The van der Waals surface area contributed by atoms with Gasteiger partial charge in [-0.2, -0.15) is 0 Å². The highest BCUT2D eigenvalue weighted by Gasteiger charge is 2.33. The Hall–Kier alpha value is -4.72. The number of benzene rings is 1. The maximum absolute atomic E-state index is 12.1. The summed E-state index contributed by atoms with van der Waals surface area (Å²) in [6.45, 7) is 0. The minimum absolute atomic E-state index is 0.0692. The third kappa shape index (κ3) is 9.63.